The van der Waals surface area contributed by atoms with Crippen LogP contribution in [0.3, 0.4) is 0 Å². The quantitative estimate of drug-likeness (QED) is 0.807. The fraction of sp³-hybridized carbons (Fsp3) is 0.294. The highest BCUT2D eigenvalue weighted by atomic mass is 32.1. The van der Waals surface area contributed by atoms with Gasteiger partial charge in [0, 0.05) is 35.7 Å². The molecule has 0 fully saturated rings. The van der Waals surface area contributed by atoms with E-state index < -0.39 is 0 Å². The zero-order valence-electron chi connectivity index (χ0n) is 13.8. The van der Waals surface area contributed by atoms with Crippen LogP contribution in [-0.4, -0.2) is 32.6 Å². The molecule has 0 atom stereocenters. The van der Waals surface area contributed by atoms with Gasteiger partial charge >= 0.3 is 0 Å². The molecule has 0 unspecified atom stereocenters. The lowest BCUT2D eigenvalue weighted by Crippen LogP contribution is -2.27. The van der Waals surface area contributed by atoms with E-state index >= 15 is 0 Å². The van der Waals surface area contributed by atoms with Gasteiger partial charge in [0.1, 0.15) is 0 Å². The molecule has 2 amide bonds. The van der Waals surface area contributed by atoms with Crippen molar-refractivity contribution in [2.45, 2.75) is 13.3 Å². The fourth-order valence-electron chi connectivity index (χ4n) is 2.11. The van der Waals surface area contributed by atoms with E-state index in [9.17, 15) is 9.59 Å². The molecule has 0 radical (unpaired) electrons. The van der Waals surface area contributed by atoms with Crippen molar-refractivity contribution in [3.05, 3.63) is 40.1 Å². The van der Waals surface area contributed by atoms with Crippen LogP contribution in [0.25, 0.3) is 0 Å². The number of ether oxygens (including phenoxy) is 2. The Balaban J connectivity index is 1.89. The number of aryl methyl sites for hydroxylation is 1. The largest absolute Gasteiger partial charge is 0.493 e. The van der Waals surface area contributed by atoms with Gasteiger partial charge in [-0.3, -0.25) is 9.59 Å². The van der Waals surface area contributed by atoms with Crippen molar-refractivity contribution in [3.8, 4) is 11.5 Å². The van der Waals surface area contributed by atoms with Gasteiger partial charge in [-0.05, 0) is 30.0 Å². The number of benzene rings is 1. The third kappa shape index (κ3) is 4.48. The number of hydrogen-bond donors (Lipinski definition) is 2. The monoisotopic (exact) mass is 348 g/mol. The Hall–Kier alpha value is -2.54. The molecule has 0 aliphatic rings. The summed E-state index contributed by atoms with van der Waals surface area (Å²) in [6.45, 7) is 2.14. The fourth-order valence-corrected chi connectivity index (χ4v) is 2.75. The number of carbonyl (C=O) groups is 2. The van der Waals surface area contributed by atoms with Crippen molar-refractivity contribution in [3.63, 3.8) is 0 Å². The Labute approximate surface area is 144 Å². The minimum atomic E-state index is -0.184. The van der Waals surface area contributed by atoms with E-state index in [-0.39, 0.29) is 24.8 Å². The molecule has 2 N–H and O–H groups in total. The van der Waals surface area contributed by atoms with Crippen LogP contribution in [0.2, 0.25) is 0 Å². The van der Waals surface area contributed by atoms with Crippen molar-refractivity contribution in [1.29, 1.82) is 0 Å². The molecule has 2 aromatic rings. The van der Waals surface area contributed by atoms with E-state index in [1.807, 2.05) is 12.3 Å². The third-order valence-electron chi connectivity index (χ3n) is 3.43. The maximum absolute atomic E-state index is 12.1. The van der Waals surface area contributed by atoms with Gasteiger partial charge in [-0.15, -0.1) is 0 Å². The molecule has 0 saturated heterocycles. The second kappa shape index (κ2) is 8.35. The number of hydrogen-bond acceptors (Lipinski definition) is 5. The normalized spacial score (nSPS) is 10.1. The van der Waals surface area contributed by atoms with Gasteiger partial charge in [-0.2, -0.15) is 11.3 Å². The SMILES string of the molecule is COc1cc(C)c(NC(=O)CCNC(=O)c2ccsc2)cc1OC. The first-order valence-electron chi connectivity index (χ1n) is 7.38. The number of rotatable bonds is 7. The summed E-state index contributed by atoms with van der Waals surface area (Å²) >= 11 is 1.46. The Kier molecular flexibility index (Phi) is 6.20. The molecule has 2 rings (SSSR count). The van der Waals surface area contributed by atoms with Crippen molar-refractivity contribution < 1.29 is 19.1 Å². The zero-order valence-corrected chi connectivity index (χ0v) is 14.7. The lowest BCUT2D eigenvalue weighted by atomic mass is 10.1. The van der Waals surface area contributed by atoms with Gasteiger partial charge in [0.25, 0.3) is 5.91 Å². The summed E-state index contributed by atoms with van der Waals surface area (Å²) in [7, 11) is 3.10. The Morgan fingerprint density at radius 2 is 1.88 bits per heavy atom. The number of nitrogens with one attached hydrogen (secondary N) is 2. The topological polar surface area (TPSA) is 76.7 Å². The highest BCUT2D eigenvalue weighted by Gasteiger charge is 2.11. The Morgan fingerprint density at radius 1 is 1.17 bits per heavy atom. The second-order valence-electron chi connectivity index (χ2n) is 5.09. The number of thiophene rings is 1. The molecular weight excluding hydrogens is 328 g/mol. The van der Waals surface area contributed by atoms with Crippen LogP contribution < -0.4 is 20.1 Å². The lowest BCUT2D eigenvalue weighted by Gasteiger charge is -2.13. The molecule has 0 aliphatic heterocycles. The van der Waals surface area contributed by atoms with Crippen LogP contribution in [-0.2, 0) is 4.79 Å². The average molecular weight is 348 g/mol. The summed E-state index contributed by atoms with van der Waals surface area (Å²) in [6, 6.07) is 5.26. The molecule has 24 heavy (non-hydrogen) atoms. The minimum Gasteiger partial charge on any atom is -0.493 e. The highest BCUT2D eigenvalue weighted by Crippen LogP contribution is 2.32. The summed E-state index contributed by atoms with van der Waals surface area (Å²) in [5, 5.41) is 9.14. The number of methoxy groups -OCH3 is 2. The highest BCUT2D eigenvalue weighted by molar-refractivity contribution is 7.08. The lowest BCUT2D eigenvalue weighted by molar-refractivity contribution is -0.116. The maximum atomic E-state index is 12.1. The number of carbonyl (C=O) groups excluding carboxylic acids is 2. The molecule has 1 aromatic heterocycles. The molecule has 128 valence electrons. The van der Waals surface area contributed by atoms with Gasteiger partial charge in [0.15, 0.2) is 11.5 Å². The van der Waals surface area contributed by atoms with E-state index in [1.165, 1.54) is 11.3 Å². The molecular formula is C17H20N2O4S. The summed E-state index contributed by atoms with van der Waals surface area (Å²) < 4.78 is 10.5. The van der Waals surface area contributed by atoms with Crippen molar-refractivity contribution >= 4 is 28.8 Å². The molecule has 6 nitrogen and oxygen atoms in total. The molecule has 0 bridgehead atoms. The summed E-state index contributed by atoms with van der Waals surface area (Å²) in [6.07, 6.45) is 0.184. The van der Waals surface area contributed by atoms with Crippen LogP contribution in [0, 0.1) is 6.92 Å². The predicted octanol–water partition coefficient (Wildman–Crippen LogP) is 2.83. The van der Waals surface area contributed by atoms with E-state index in [0.29, 0.717) is 22.7 Å². The number of amides is 2. The van der Waals surface area contributed by atoms with Crippen LogP contribution in [0.5, 0.6) is 11.5 Å². The van der Waals surface area contributed by atoms with Gasteiger partial charge in [-0.1, -0.05) is 0 Å². The van der Waals surface area contributed by atoms with Crippen LogP contribution >= 0.6 is 11.3 Å². The van der Waals surface area contributed by atoms with Crippen LogP contribution in [0.1, 0.15) is 22.3 Å². The van der Waals surface area contributed by atoms with E-state index in [2.05, 4.69) is 10.6 Å². The first-order valence-corrected chi connectivity index (χ1v) is 8.32. The first kappa shape index (κ1) is 17.8. The smallest absolute Gasteiger partial charge is 0.252 e. The first-order chi connectivity index (χ1) is 11.5. The summed E-state index contributed by atoms with van der Waals surface area (Å²) in [5.41, 5.74) is 2.13. The molecule has 7 heteroatoms. The van der Waals surface area contributed by atoms with E-state index in [4.69, 9.17) is 9.47 Å². The number of anilines is 1. The van der Waals surface area contributed by atoms with Crippen LogP contribution in [0.15, 0.2) is 29.0 Å². The van der Waals surface area contributed by atoms with Gasteiger partial charge in [0.2, 0.25) is 5.91 Å². The summed E-state index contributed by atoms with van der Waals surface area (Å²) in [4.78, 5) is 23.8. The molecule has 1 aromatic carbocycles. The van der Waals surface area contributed by atoms with E-state index in [1.54, 1.807) is 37.8 Å². The van der Waals surface area contributed by atoms with Gasteiger partial charge in [-0.25, -0.2) is 0 Å². The molecule has 0 saturated carbocycles. The zero-order chi connectivity index (χ0) is 17.5. The van der Waals surface area contributed by atoms with Crippen molar-refractivity contribution in [2.24, 2.45) is 0 Å². The van der Waals surface area contributed by atoms with Crippen molar-refractivity contribution in [2.75, 3.05) is 26.1 Å². The third-order valence-corrected chi connectivity index (χ3v) is 4.11. The standard InChI is InChI=1S/C17H20N2O4S/c1-11-8-14(22-2)15(23-3)9-13(11)19-16(20)4-6-18-17(21)12-5-7-24-10-12/h5,7-10H,4,6H2,1-3H3,(H,18,21)(H,19,20). The molecule has 0 spiro atoms. The second-order valence-corrected chi connectivity index (χ2v) is 5.87. The minimum absolute atomic E-state index is 0.175. The average Bonchev–Trinajstić information content (AvgIpc) is 3.10. The van der Waals surface area contributed by atoms with Gasteiger partial charge in [0.05, 0.1) is 14.2 Å². The Morgan fingerprint density at radius 3 is 2.50 bits per heavy atom. The molecule has 1 heterocycles. The molecule has 0 aliphatic carbocycles. The van der Waals surface area contributed by atoms with E-state index in [0.717, 1.165) is 5.56 Å². The summed E-state index contributed by atoms with van der Waals surface area (Å²) in [5.74, 6) is 0.794. The van der Waals surface area contributed by atoms with Crippen molar-refractivity contribution in [1.82, 2.24) is 5.32 Å². The maximum Gasteiger partial charge on any atom is 0.252 e. The Bertz CT molecular complexity index is 714. The van der Waals surface area contributed by atoms with Gasteiger partial charge < -0.3 is 20.1 Å². The predicted molar refractivity (Wildman–Crippen MR) is 94.2 cm³/mol. The van der Waals surface area contributed by atoms with Crippen LogP contribution in [0.4, 0.5) is 5.69 Å².